The van der Waals surface area contributed by atoms with Gasteiger partial charge in [-0.2, -0.15) is 13.2 Å². The fourth-order valence-electron chi connectivity index (χ4n) is 2.59. The number of nitrogens with one attached hydrogen (secondary N) is 2. The van der Waals surface area contributed by atoms with E-state index in [2.05, 4.69) is 15.6 Å². The molecule has 1 aliphatic rings. The number of anilines is 1. The van der Waals surface area contributed by atoms with Crippen molar-refractivity contribution in [3.8, 4) is 0 Å². The van der Waals surface area contributed by atoms with Crippen molar-refractivity contribution in [3.63, 3.8) is 0 Å². The standard InChI is InChI=1S/C18H13F3N4O4S/c19-18(20,21)12-6-1-2-7-13(12)23-17-24-16(27)14(30-17)9-15(26)22-10-4-3-5-11(8-10)25(28)29/h1-8,14H,9H2,(H,22,26)(H,23,24,27)/t14-/m0/s1. The van der Waals surface area contributed by atoms with Gasteiger partial charge in [0.2, 0.25) is 11.8 Å². The molecular weight excluding hydrogens is 425 g/mol. The van der Waals surface area contributed by atoms with Crippen LogP contribution in [0.5, 0.6) is 0 Å². The number of aliphatic imine (C=N–C) groups is 1. The third-order valence-corrected chi connectivity index (χ3v) is 5.00. The minimum atomic E-state index is -4.61. The quantitative estimate of drug-likeness (QED) is 0.544. The third-order valence-electron chi connectivity index (χ3n) is 3.92. The van der Waals surface area contributed by atoms with Crippen molar-refractivity contribution < 1.29 is 27.7 Å². The number of nitrogens with zero attached hydrogens (tertiary/aromatic N) is 2. The van der Waals surface area contributed by atoms with Crippen LogP contribution < -0.4 is 10.6 Å². The van der Waals surface area contributed by atoms with Crippen LogP contribution in [0.4, 0.5) is 30.2 Å². The number of nitro benzene ring substituents is 1. The SMILES string of the molecule is O=C(C[C@@H]1SC(=Nc2ccccc2C(F)(F)F)NC1=O)Nc1cccc([N+](=O)[O-])c1. The summed E-state index contributed by atoms with van der Waals surface area (Å²) in [6.45, 7) is 0. The Bertz CT molecular complexity index is 1040. The van der Waals surface area contributed by atoms with Crippen molar-refractivity contribution in [2.75, 3.05) is 5.32 Å². The van der Waals surface area contributed by atoms with Crippen LogP contribution in [0.1, 0.15) is 12.0 Å². The maximum absolute atomic E-state index is 13.1. The number of halogens is 3. The molecule has 8 nitrogen and oxygen atoms in total. The van der Waals surface area contributed by atoms with Gasteiger partial charge < -0.3 is 10.6 Å². The largest absolute Gasteiger partial charge is 0.418 e. The van der Waals surface area contributed by atoms with E-state index in [4.69, 9.17) is 0 Å². The summed E-state index contributed by atoms with van der Waals surface area (Å²) in [4.78, 5) is 38.3. The minimum Gasteiger partial charge on any atom is -0.326 e. The van der Waals surface area contributed by atoms with Gasteiger partial charge in [0.25, 0.3) is 5.69 Å². The van der Waals surface area contributed by atoms with Crippen molar-refractivity contribution >= 4 is 45.8 Å². The number of amides is 2. The fourth-order valence-corrected chi connectivity index (χ4v) is 3.57. The Morgan fingerprint density at radius 1 is 1.23 bits per heavy atom. The number of para-hydroxylation sites is 1. The number of benzene rings is 2. The molecule has 2 N–H and O–H groups in total. The van der Waals surface area contributed by atoms with Gasteiger partial charge in [-0.05, 0) is 18.2 Å². The Kier molecular flexibility index (Phi) is 6.06. The predicted molar refractivity (Wildman–Crippen MR) is 104 cm³/mol. The summed E-state index contributed by atoms with van der Waals surface area (Å²) < 4.78 is 39.2. The molecule has 30 heavy (non-hydrogen) atoms. The summed E-state index contributed by atoms with van der Waals surface area (Å²) in [6.07, 6.45) is -4.90. The number of rotatable bonds is 5. The van der Waals surface area contributed by atoms with E-state index in [9.17, 15) is 32.9 Å². The van der Waals surface area contributed by atoms with Gasteiger partial charge >= 0.3 is 6.18 Å². The first-order valence-corrected chi connectivity index (χ1v) is 9.28. The normalized spacial score (nSPS) is 17.6. The minimum absolute atomic E-state index is 0.0511. The maximum atomic E-state index is 13.1. The summed E-state index contributed by atoms with van der Waals surface area (Å²) in [5.74, 6) is -1.16. The van der Waals surface area contributed by atoms with Crippen LogP contribution in [0.15, 0.2) is 53.5 Å². The Balaban J connectivity index is 1.68. The zero-order valence-electron chi connectivity index (χ0n) is 15.0. The van der Waals surface area contributed by atoms with Crippen LogP contribution in [0, 0.1) is 10.1 Å². The lowest BCUT2D eigenvalue weighted by molar-refractivity contribution is -0.384. The van der Waals surface area contributed by atoms with Crippen molar-refractivity contribution in [1.82, 2.24) is 5.32 Å². The van der Waals surface area contributed by atoms with Gasteiger partial charge in [0.1, 0.15) is 5.25 Å². The van der Waals surface area contributed by atoms with E-state index in [0.29, 0.717) is 0 Å². The van der Waals surface area contributed by atoms with E-state index in [1.807, 2.05) is 0 Å². The number of amidine groups is 1. The maximum Gasteiger partial charge on any atom is 0.418 e. The van der Waals surface area contributed by atoms with Crippen LogP contribution in [-0.2, 0) is 15.8 Å². The van der Waals surface area contributed by atoms with Crippen LogP contribution in [0.3, 0.4) is 0 Å². The Morgan fingerprint density at radius 2 is 1.97 bits per heavy atom. The van der Waals surface area contributed by atoms with Crippen LogP contribution >= 0.6 is 11.8 Å². The molecule has 156 valence electrons. The predicted octanol–water partition coefficient (Wildman–Crippen LogP) is 3.86. The highest BCUT2D eigenvalue weighted by Gasteiger charge is 2.35. The molecule has 0 aromatic heterocycles. The topological polar surface area (TPSA) is 114 Å². The molecule has 1 aliphatic heterocycles. The van der Waals surface area contributed by atoms with E-state index >= 15 is 0 Å². The number of thioether (sulfide) groups is 1. The van der Waals surface area contributed by atoms with E-state index in [1.54, 1.807) is 0 Å². The average Bonchev–Trinajstić information content (AvgIpc) is 3.00. The molecule has 3 rings (SSSR count). The van der Waals surface area contributed by atoms with Gasteiger partial charge in [0, 0.05) is 24.2 Å². The second-order valence-corrected chi connectivity index (χ2v) is 7.28. The number of nitro groups is 1. The highest BCUT2D eigenvalue weighted by molar-refractivity contribution is 8.15. The molecule has 0 saturated carbocycles. The number of alkyl halides is 3. The summed E-state index contributed by atoms with van der Waals surface area (Å²) in [5, 5.41) is 14.6. The first-order valence-electron chi connectivity index (χ1n) is 8.40. The number of carbonyl (C=O) groups is 2. The molecule has 2 aromatic rings. The van der Waals surface area contributed by atoms with Crippen LogP contribution in [0.2, 0.25) is 0 Å². The van der Waals surface area contributed by atoms with Crippen molar-refractivity contribution in [1.29, 1.82) is 0 Å². The van der Waals surface area contributed by atoms with E-state index in [0.717, 1.165) is 17.8 Å². The van der Waals surface area contributed by atoms with E-state index in [-0.39, 0.29) is 28.7 Å². The summed E-state index contributed by atoms with van der Waals surface area (Å²) in [5.41, 5.74) is -1.32. The lowest BCUT2D eigenvalue weighted by atomic mass is 10.2. The summed E-state index contributed by atoms with van der Waals surface area (Å²) >= 11 is 0.833. The zero-order chi connectivity index (χ0) is 21.9. The van der Waals surface area contributed by atoms with Gasteiger partial charge in [0.05, 0.1) is 16.2 Å². The number of non-ortho nitro benzene ring substituents is 1. The molecule has 1 saturated heterocycles. The fraction of sp³-hybridized carbons (Fsp3) is 0.167. The Morgan fingerprint density at radius 3 is 2.67 bits per heavy atom. The molecule has 1 fully saturated rings. The second-order valence-electron chi connectivity index (χ2n) is 6.09. The first kappa shape index (κ1) is 21.3. The molecule has 12 heteroatoms. The molecular formula is C18H13F3N4O4S. The highest BCUT2D eigenvalue weighted by Crippen LogP contribution is 2.37. The zero-order valence-corrected chi connectivity index (χ0v) is 15.8. The molecule has 1 atom stereocenters. The Labute approximate surface area is 171 Å². The average molecular weight is 438 g/mol. The third kappa shape index (κ3) is 5.14. The monoisotopic (exact) mass is 438 g/mol. The Hall–Kier alpha value is -3.41. The van der Waals surface area contributed by atoms with Crippen molar-refractivity contribution in [2.24, 2.45) is 4.99 Å². The highest BCUT2D eigenvalue weighted by atomic mass is 32.2. The molecule has 0 spiro atoms. The second kappa shape index (κ2) is 8.53. The molecule has 0 bridgehead atoms. The van der Waals surface area contributed by atoms with E-state index in [1.165, 1.54) is 42.5 Å². The van der Waals surface area contributed by atoms with Gasteiger partial charge in [-0.1, -0.05) is 30.0 Å². The van der Waals surface area contributed by atoms with Gasteiger partial charge in [-0.25, -0.2) is 4.99 Å². The van der Waals surface area contributed by atoms with Gasteiger partial charge in [-0.15, -0.1) is 0 Å². The van der Waals surface area contributed by atoms with Gasteiger partial charge in [-0.3, -0.25) is 19.7 Å². The molecule has 0 radical (unpaired) electrons. The number of hydrogen-bond acceptors (Lipinski definition) is 6. The molecule has 2 aromatic carbocycles. The summed E-state index contributed by atoms with van der Waals surface area (Å²) in [7, 11) is 0. The molecule has 0 unspecified atom stereocenters. The van der Waals surface area contributed by atoms with E-state index < -0.39 is 33.7 Å². The van der Waals surface area contributed by atoms with Crippen molar-refractivity contribution in [3.05, 3.63) is 64.2 Å². The summed E-state index contributed by atoms with van der Waals surface area (Å²) in [6, 6.07) is 9.95. The van der Waals surface area contributed by atoms with Crippen LogP contribution in [-0.4, -0.2) is 27.2 Å². The lowest BCUT2D eigenvalue weighted by Crippen LogP contribution is -2.28. The molecule has 0 aliphatic carbocycles. The molecule has 2 amide bonds. The van der Waals surface area contributed by atoms with Crippen molar-refractivity contribution in [2.45, 2.75) is 17.8 Å². The van der Waals surface area contributed by atoms with Gasteiger partial charge in [0.15, 0.2) is 5.17 Å². The molecule has 1 heterocycles. The first-order chi connectivity index (χ1) is 14.1. The smallest absolute Gasteiger partial charge is 0.326 e. The lowest BCUT2D eigenvalue weighted by Gasteiger charge is -2.09. The number of carbonyl (C=O) groups excluding carboxylic acids is 2. The van der Waals surface area contributed by atoms with Crippen LogP contribution in [0.25, 0.3) is 0 Å². The number of hydrogen-bond donors (Lipinski definition) is 2.